The lowest BCUT2D eigenvalue weighted by atomic mass is 10.1. The van der Waals surface area contributed by atoms with E-state index in [4.69, 9.17) is 23.2 Å². The Balaban J connectivity index is 2.58. The van der Waals surface area contributed by atoms with Gasteiger partial charge in [0.1, 0.15) is 0 Å². The van der Waals surface area contributed by atoms with Crippen LogP contribution in [-0.4, -0.2) is 26.8 Å². The summed E-state index contributed by atoms with van der Waals surface area (Å²) in [5.74, 6) is 0.134. The highest BCUT2D eigenvalue weighted by Gasteiger charge is 2.16. The number of hydrogen-bond acceptors (Lipinski definition) is 3. The molecular formula is C15H23Cl2NO2S. The SMILES string of the molecule is CCCNC(CC)CCCS(=O)(=O)c1ccc(Cl)c(Cl)c1. The van der Waals surface area contributed by atoms with Crippen LogP contribution in [0.25, 0.3) is 0 Å². The summed E-state index contributed by atoms with van der Waals surface area (Å²) in [6.07, 6.45) is 3.58. The first kappa shape index (κ1) is 18.8. The predicted octanol–water partition coefficient (Wildman–Crippen LogP) is 4.33. The molecule has 1 aromatic carbocycles. The van der Waals surface area contributed by atoms with Crippen LogP contribution in [0.15, 0.2) is 23.1 Å². The summed E-state index contributed by atoms with van der Waals surface area (Å²) in [6, 6.07) is 4.84. The second-order valence-corrected chi connectivity index (χ2v) is 8.02. The third-order valence-corrected chi connectivity index (χ3v) is 5.93. The zero-order valence-corrected chi connectivity index (χ0v) is 14.9. The van der Waals surface area contributed by atoms with Crippen molar-refractivity contribution in [2.45, 2.75) is 50.5 Å². The highest BCUT2D eigenvalue weighted by Crippen LogP contribution is 2.25. The Labute approximate surface area is 137 Å². The smallest absolute Gasteiger partial charge is 0.178 e. The molecule has 0 aliphatic rings. The molecular weight excluding hydrogens is 329 g/mol. The Hall–Kier alpha value is -0.290. The molecule has 1 N–H and O–H groups in total. The number of halogens is 2. The fourth-order valence-electron chi connectivity index (χ4n) is 2.11. The average Bonchev–Trinajstić information content (AvgIpc) is 2.45. The van der Waals surface area contributed by atoms with E-state index in [-0.39, 0.29) is 15.7 Å². The van der Waals surface area contributed by atoms with Crippen molar-refractivity contribution in [1.82, 2.24) is 5.32 Å². The van der Waals surface area contributed by atoms with Crippen molar-refractivity contribution in [2.24, 2.45) is 0 Å². The zero-order valence-electron chi connectivity index (χ0n) is 12.5. The number of sulfone groups is 1. The summed E-state index contributed by atoms with van der Waals surface area (Å²) in [7, 11) is -3.29. The molecule has 1 rings (SSSR count). The molecule has 0 amide bonds. The molecule has 0 heterocycles. The quantitative estimate of drug-likeness (QED) is 0.720. The van der Waals surface area contributed by atoms with Gasteiger partial charge in [-0.3, -0.25) is 0 Å². The van der Waals surface area contributed by atoms with Gasteiger partial charge in [0.05, 0.1) is 20.7 Å². The van der Waals surface area contributed by atoms with Crippen LogP contribution in [0.3, 0.4) is 0 Å². The fraction of sp³-hybridized carbons (Fsp3) is 0.600. The molecule has 0 aliphatic heterocycles. The van der Waals surface area contributed by atoms with Crippen molar-refractivity contribution in [3.05, 3.63) is 28.2 Å². The summed E-state index contributed by atoms with van der Waals surface area (Å²) in [4.78, 5) is 0.242. The molecule has 1 atom stereocenters. The van der Waals surface area contributed by atoms with Crippen molar-refractivity contribution in [3.63, 3.8) is 0 Å². The van der Waals surface area contributed by atoms with Crippen molar-refractivity contribution in [2.75, 3.05) is 12.3 Å². The lowest BCUT2D eigenvalue weighted by Gasteiger charge is -2.16. The van der Waals surface area contributed by atoms with E-state index in [1.807, 2.05) is 0 Å². The van der Waals surface area contributed by atoms with Crippen molar-refractivity contribution in [1.29, 1.82) is 0 Å². The van der Waals surface area contributed by atoms with E-state index in [2.05, 4.69) is 19.2 Å². The molecule has 120 valence electrons. The van der Waals surface area contributed by atoms with Crippen molar-refractivity contribution >= 4 is 33.0 Å². The van der Waals surface area contributed by atoms with E-state index in [1.165, 1.54) is 18.2 Å². The molecule has 0 bridgehead atoms. The van der Waals surface area contributed by atoms with Gasteiger partial charge in [-0.25, -0.2) is 8.42 Å². The van der Waals surface area contributed by atoms with Gasteiger partial charge in [-0.05, 0) is 50.4 Å². The second kappa shape index (κ2) is 8.99. The van der Waals surface area contributed by atoms with Crippen molar-refractivity contribution in [3.8, 4) is 0 Å². The Kier molecular flexibility index (Phi) is 8.03. The van der Waals surface area contributed by atoms with Crippen LogP contribution < -0.4 is 5.32 Å². The van der Waals surface area contributed by atoms with Gasteiger partial charge < -0.3 is 5.32 Å². The Morgan fingerprint density at radius 2 is 1.90 bits per heavy atom. The van der Waals surface area contributed by atoms with Crippen LogP contribution in [0.2, 0.25) is 10.0 Å². The van der Waals surface area contributed by atoms with Crippen LogP contribution in [0.4, 0.5) is 0 Å². The van der Waals surface area contributed by atoms with E-state index in [9.17, 15) is 8.42 Å². The van der Waals surface area contributed by atoms with Gasteiger partial charge in [-0.1, -0.05) is 37.0 Å². The van der Waals surface area contributed by atoms with E-state index < -0.39 is 9.84 Å². The van der Waals surface area contributed by atoms with E-state index in [0.717, 1.165) is 25.8 Å². The maximum atomic E-state index is 12.3. The molecule has 21 heavy (non-hydrogen) atoms. The summed E-state index contributed by atoms with van der Waals surface area (Å²) in [6.45, 7) is 5.20. The van der Waals surface area contributed by atoms with Gasteiger partial charge in [0.25, 0.3) is 0 Å². The number of rotatable bonds is 9. The fourth-order valence-corrected chi connectivity index (χ4v) is 3.82. The summed E-state index contributed by atoms with van der Waals surface area (Å²) < 4.78 is 24.5. The first-order valence-corrected chi connectivity index (χ1v) is 9.72. The number of benzene rings is 1. The number of hydrogen-bond donors (Lipinski definition) is 1. The van der Waals surface area contributed by atoms with Crippen molar-refractivity contribution < 1.29 is 8.42 Å². The average molecular weight is 352 g/mol. The second-order valence-electron chi connectivity index (χ2n) is 5.10. The topological polar surface area (TPSA) is 46.2 Å². The monoisotopic (exact) mass is 351 g/mol. The highest BCUT2D eigenvalue weighted by atomic mass is 35.5. The van der Waals surface area contributed by atoms with Crippen LogP contribution in [0, 0.1) is 0 Å². The van der Waals surface area contributed by atoms with E-state index in [1.54, 1.807) is 0 Å². The molecule has 3 nitrogen and oxygen atoms in total. The minimum Gasteiger partial charge on any atom is -0.314 e. The van der Waals surface area contributed by atoms with Gasteiger partial charge in [0.15, 0.2) is 9.84 Å². The third-order valence-electron chi connectivity index (χ3n) is 3.39. The minimum atomic E-state index is -3.29. The van der Waals surface area contributed by atoms with Gasteiger partial charge in [0.2, 0.25) is 0 Å². The van der Waals surface area contributed by atoms with Gasteiger partial charge >= 0.3 is 0 Å². The van der Waals surface area contributed by atoms with Crippen LogP contribution in [0.1, 0.15) is 39.5 Å². The maximum absolute atomic E-state index is 12.3. The van der Waals surface area contributed by atoms with Crippen LogP contribution in [0.5, 0.6) is 0 Å². The zero-order chi connectivity index (χ0) is 15.9. The predicted molar refractivity (Wildman–Crippen MR) is 90.1 cm³/mol. The summed E-state index contributed by atoms with van der Waals surface area (Å²) >= 11 is 11.7. The molecule has 0 spiro atoms. The Morgan fingerprint density at radius 3 is 2.48 bits per heavy atom. The van der Waals surface area contributed by atoms with Gasteiger partial charge in [0, 0.05) is 6.04 Å². The molecule has 0 aliphatic carbocycles. The molecule has 0 radical (unpaired) electrons. The molecule has 1 aromatic rings. The highest BCUT2D eigenvalue weighted by molar-refractivity contribution is 7.91. The molecule has 0 fully saturated rings. The largest absolute Gasteiger partial charge is 0.314 e. The molecule has 0 aromatic heterocycles. The number of nitrogens with one attached hydrogen (secondary N) is 1. The lowest BCUT2D eigenvalue weighted by molar-refractivity contribution is 0.463. The molecule has 0 saturated heterocycles. The summed E-state index contributed by atoms with van der Waals surface area (Å²) in [5.41, 5.74) is 0. The summed E-state index contributed by atoms with van der Waals surface area (Å²) in [5, 5.41) is 4.07. The Bertz CT molecular complexity index is 547. The van der Waals surface area contributed by atoms with E-state index in [0.29, 0.717) is 17.5 Å². The van der Waals surface area contributed by atoms with Crippen LogP contribution >= 0.6 is 23.2 Å². The van der Waals surface area contributed by atoms with Crippen LogP contribution in [-0.2, 0) is 9.84 Å². The normalized spacial score (nSPS) is 13.3. The molecule has 0 saturated carbocycles. The minimum absolute atomic E-state index is 0.134. The maximum Gasteiger partial charge on any atom is 0.178 e. The first-order chi connectivity index (χ1) is 9.90. The lowest BCUT2D eigenvalue weighted by Crippen LogP contribution is -2.29. The molecule has 6 heteroatoms. The standard InChI is InChI=1S/C15H23Cl2NO2S/c1-3-9-18-12(4-2)6-5-10-21(19,20)13-7-8-14(16)15(17)11-13/h7-8,11-12,18H,3-6,9-10H2,1-2H3. The Morgan fingerprint density at radius 1 is 1.19 bits per heavy atom. The third kappa shape index (κ3) is 6.15. The van der Waals surface area contributed by atoms with Gasteiger partial charge in [-0.15, -0.1) is 0 Å². The van der Waals surface area contributed by atoms with Gasteiger partial charge in [-0.2, -0.15) is 0 Å². The molecule has 1 unspecified atom stereocenters. The van der Waals surface area contributed by atoms with E-state index >= 15 is 0 Å². The first-order valence-electron chi connectivity index (χ1n) is 7.32.